The molecule has 0 spiro atoms. The summed E-state index contributed by atoms with van der Waals surface area (Å²) < 4.78 is 28.8. The van der Waals surface area contributed by atoms with E-state index in [2.05, 4.69) is 15.9 Å². The van der Waals surface area contributed by atoms with E-state index in [9.17, 15) is 19.2 Å². The standard InChI is InChI=1S/C26H43BrO9/c1-23(2,3)19(28)32-13-14-15(34-20(29)24(4,5)6)16(35-21(30)25(7,8)9)17(18(27)33-14)36-22(31)26(10,11)12/h14-18H,13H2,1-12H3/t14-,15?,16+,17-,18?/m1/s1. The summed E-state index contributed by atoms with van der Waals surface area (Å²) in [6.07, 6.45) is -4.60. The third-order valence-electron chi connectivity index (χ3n) is 5.13. The number of hydrogen-bond acceptors (Lipinski definition) is 9. The van der Waals surface area contributed by atoms with Crippen LogP contribution in [0.15, 0.2) is 0 Å². The summed E-state index contributed by atoms with van der Waals surface area (Å²) in [5, 5.41) is -0.940. The van der Waals surface area contributed by atoms with Crippen LogP contribution < -0.4 is 0 Å². The average molecular weight is 580 g/mol. The van der Waals surface area contributed by atoms with E-state index >= 15 is 0 Å². The van der Waals surface area contributed by atoms with Crippen LogP contribution >= 0.6 is 15.9 Å². The second-order valence-electron chi connectivity index (χ2n) is 13.2. The van der Waals surface area contributed by atoms with Crippen LogP contribution in [0.2, 0.25) is 0 Å². The Bertz CT molecular complexity index is 824. The van der Waals surface area contributed by atoms with Crippen LogP contribution in [0.25, 0.3) is 0 Å². The maximum absolute atomic E-state index is 13.0. The average Bonchev–Trinajstić information content (AvgIpc) is 2.67. The molecule has 0 aliphatic carbocycles. The van der Waals surface area contributed by atoms with Crippen LogP contribution in [-0.4, -0.2) is 59.9 Å². The van der Waals surface area contributed by atoms with Gasteiger partial charge in [-0.3, -0.25) is 19.2 Å². The van der Waals surface area contributed by atoms with Crippen molar-refractivity contribution in [3.63, 3.8) is 0 Å². The van der Waals surface area contributed by atoms with Gasteiger partial charge in [-0.25, -0.2) is 0 Å². The smallest absolute Gasteiger partial charge is 0.311 e. The van der Waals surface area contributed by atoms with Crippen molar-refractivity contribution >= 4 is 39.8 Å². The van der Waals surface area contributed by atoms with Gasteiger partial charge in [-0.2, -0.15) is 0 Å². The second kappa shape index (κ2) is 11.4. The zero-order valence-electron chi connectivity index (χ0n) is 23.6. The Kier molecular flexibility index (Phi) is 10.2. The number of carbonyl (C=O) groups excluding carboxylic acids is 4. The van der Waals surface area contributed by atoms with Crippen molar-refractivity contribution in [2.24, 2.45) is 21.7 Å². The lowest BCUT2D eigenvalue weighted by molar-refractivity contribution is -0.245. The molecule has 10 heteroatoms. The number of esters is 4. The highest BCUT2D eigenvalue weighted by Gasteiger charge is 2.53. The summed E-state index contributed by atoms with van der Waals surface area (Å²) in [5.41, 5.74) is -3.43. The molecular weight excluding hydrogens is 536 g/mol. The molecule has 0 aromatic rings. The Labute approximate surface area is 223 Å². The van der Waals surface area contributed by atoms with Gasteiger partial charge >= 0.3 is 23.9 Å². The summed E-state index contributed by atoms with van der Waals surface area (Å²) >= 11 is 3.38. The molecule has 0 radical (unpaired) electrons. The van der Waals surface area contributed by atoms with Gasteiger partial charge in [-0.15, -0.1) is 0 Å². The van der Waals surface area contributed by atoms with E-state index < -0.39 is 75.0 Å². The van der Waals surface area contributed by atoms with Gasteiger partial charge in [-0.1, -0.05) is 15.9 Å². The lowest BCUT2D eigenvalue weighted by Crippen LogP contribution is -2.62. The highest BCUT2D eigenvalue weighted by atomic mass is 79.9. The monoisotopic (exact) mass is 578 g/mol. The zero-order valence-corrected chi connectivity index (χ0v) is 25.2. The largest absolute Gasteiger partial charge is 0.462 e. The van der Waals surface area contributed by atoms with Crippen LogP contribution in [0.4, 0.5) is 0 Å². The molecule has 0 bridgehead atoms. The van der Waals surface area contributed by atoms with Gasteiger partial charge in [-0.05, 0) is 83.1 Å². The molecule has 1 fully saturated rings. The molecule has 36 heavy (non-hydrogen) atoms. The van der Waals surface area contributed by atoms with Gasteiger partial charge in [0.2, 0.25) is 0 Å². The zero-order chi connectivity index (χ0) is 28.4. The molecule has 9 nitrogen and oxygen atoms in total. The van der Waals surface area contributed by atoms with Crippen LogP contribution in [0, 0.1) is 21.7 Å². The fourth-order valence-electron chi connectivity index (χ4n) is 2.68. The fourth-order valence-corrected chi connectivity index (χ4v) is 3.36. The van der Waals surface area contributed by atoms with Gasteiger partial charge in [0.25, 0.3) is 0 Å². The summed E-state index contributed by atoms with van der Waals surface area (Å²) in [4.78, 5) is 51.1. The van der Waals surface area contributed by atoms with Gasteiger partial charge in [0, 0.05) is 0 Å². The Balaban J connectivity index is 3.50. The molecule has 1 heterocycles. The molecule has 0 aromatic carbocycles. The van der Waals surface area contributed by atoms with E-state index in [-0.39, 0.29) is 6.61 Å². The molecule has 0 saturated carbocycles. The fraction of sp³-hybridized carbons (Fsp3) is 0.846. The van der Waals surface area contributed by atoms with Crippen molar-refractivity contribution in [3.05, 3.63) is 0 Å². The molecule has 2 unspecified atom stereocenters. The van der Waals surface area contributed by atoms with Crippen LogP contribution in [0.3, 0.4) is 0 Å². The number of carbonyl (C=O) groups is 4. The molecule has 1 aliphatic rings. The summed E-state index contributed by atoms with van der Waals surface area (Å²) in [5.74, 6) is -2.22. The van der Waals surface area contributed by atoms with E-state index in [1.54, 1.807) is 83.1 Å². The third kappa shape index (κ3) is 9.01. The van der Waals surface area contributed by atoms with Gasteiger partial charge in [0.15, 0.2) is 23.3 Å². The van der Waals surface area contributed by atoms with Gasteiger partial charge in [0.05, 0.1) is 21.7 Å². The number of halogens is 1. The van der Waals surface area contributed by atoms with E-state index in [0.717, 1.165) is 0 Å². The molecule has 1 aliphatic heterocycles. The van der Waals surface area contributed by atoms with E-state index in [1.165, 1.54) is 0 Å². The van der Waals surface area contributed by atoms with Crippen molar-refractivity contribution in [1.29, 1.82) is 0 Å². The molecule has 1 rings (SSSR count). The Hall–Kier alpha value is -1.68. The lowest BCUT2D eigenvalue weighted by Gasteiger charge is -2.44. The predicted molar refractivity (Wildman–Crippen MR) is 136 cm³/mol. The Morgan fingerprint density at radius 3 is 1.28 bits per heavy atom. The van der Waals surface area contributed by atoms with Crippen molar-refractivity contribution in [2.75, 3.05) is 6.61 Å². The molecule has 0 aromatic heterocycles. The minimum absolute atomic E-state index is 0.274. The quantitative estimate of drug-likeness (QED) is 0.263. The van der Waals surface area contributed by atoms with E-state index in [1.807, 2.05) is 0 Å². The van der Waals surface area contributed by atoms with Crippen LogP contribution in [0.1, 0.15) is 83.1 Å². The maximum Gasteiger partial charge on any atom is 0.311 e. The van der Waals surface area contributed by atoms with Crippen LogP contribution in [-0.2, 0) is 42.9 Å². The topological polar surface area (TPSA) is 114 Å². The molecule has 1 saturated heterocycles. The number of alkyl halides is 1. The predicted octanol–water partition coefficient (Wildman–Crippen LogP) is 4.57. The SMILES string of the molecule is CC(C)(C)C(=O)OC[C@H]1OC(Br)[C@H](OC(=O)C(C)(C)C)[C@@H](OC(=O)C(C)(C)C)C1OC(=O)C(C)(C)C. The van der Waals surface area contributed by atoms with Crippen molar-refractivity contribution in [2.45, 2.75) is 113 Å². The number of hydrogen-bond donors (Lipinski definition) is 0. The summed E-state index contributed by atoms with van der Waals surface area (Å²) in [7, 11) is 0. The molecular formula is C26H43BrO9. The third-order valence-corrected chi connectivity index (χ3v) is 5.87. The first-order valence-corrected chi connectivity index (χ1v) is 13.0. The minimum atomic E-state index is -1.23. The number of rotatable bonds is 5. The highest BCUT2D eigenvalue weighted by Crippen LogP contribution is 2.35. The lowest BCUT2D eigenvalue weighted by atomic mass is 9.93. The molecule has 0 amide bonds. The second-order valence-corrected chi connectivity index (χ2v) is 14.1. The minimum Gasteiger partial charge on any atom is -0.462 e. The van der Waals surface area contributed by atoms with Gasteiger partial charge < -0.3 is 23.7 Å². The van der Waals surface area contributed by atoms with Crippen molar-refractivity contribution in [3.8, 4) is 0 Å². The first-order valence-electron chi connectivity index (χ1n) is 12.1. The van der Waals surface area contributed by atoms with E-state index in [4.69, 9.17) is 23.7 Å². The number of ether oxygens (including phenoxy) is 5. The molecule has 208 valence electrons. The first-order chi connectivity index (χ1) is 16.0. The van der Waals surface area contributed by atoms with Crippen LogP contribution in [0.5, 0.6) is 0 Å². The maximum atomic E-state index is 13.0. The highest BCUT2D eigenvalue weighted by molar-refractivity contribution is 9.09. The summed E-state index contributed by atoms with van der Waals surface area (Å²) in [6, 6.07) is 0. The summed E-state index contributed by atoms with van der Waals surface area (Å²) in [6.45, 7) is 19.9. The van der Waals surface area contributed by atoms with Gasteiger partial charge in [0.1, 0.15) is 12.7 Å². The Morgan fingerprint density at radius 2 is 0.917 bits per heavy atom. The van der Waals surface area contributed by atoms with E-state index in [0.29, 0.717) is 0 Å². The molecule has 0 N–H and O–H groups in total. The Morgan fingerprint density at radius 1 is 0.583 bits per heavy atom. The van der Waals surface area contributed by atoms with Crippen molar-refractivity contribution in [1.82, 2.24) is 0 Å². The van der Waals surface area contributed by atoms with Crippen molar-refractivity contribution < 1.29 is 42.9 Å². The first kappa shape index (κ1) is 32.3. The normalized spacial score (nSPS) is 25.5. The molecule has 5 atom stereocenters.